The Morgan fingerprint density at radius 1 is 0.357 bits per heavy atom. The SMILES string of the molecule is COc1ccc(CN(C)Cc2cc(CN(C)Cc3ccc(OC)cc3)cc(CN(C)Cc3ccc(OC)cc3)c2)cc1. The second kappa shape index (κ2) is 15.4. The molecule has 0 aliphatic rings. The molecule has 0 unspecified atom stereocenters. The van der Waals surface area contributed by atoms with Gasteiger partial charge >= 0.3 is 0 Å². The Bertz CT molecular complexity index is 1190. The van der Waals surface area contributed by atoms with E-state index in [0.29, 0.717) is 0 Å². The van der Waals surface area contributed by atoms with E-state index in [1.165, 1.54) is 33.4 Å². The summed E-state index contributed by atoms with van der Waals surface area (Å²) in [4.78, 5) is 7.10. The van der Waals surface area contributed by atoms with Crippen LogP contribution in [0.25, 0.3) is 0 Å². The summed E-state index contributed by atoms with van der Waals surface area (Å²) in [5, 5.41) is 0. The van der Waals surface area contributed by atoms with Crippen LogP contribution in [-0.4, -0.2) is 57.2 Å². The summed E-state index contributed by atoms with van der Waals surface area (Å²) >= 11 is 0. The number of hydrogen-bond acceptors (Lipinski definition) is 6. The van der Waals surface area contributed by atoms with E-state index in [1.54, 1.807) is 21.3 Å². The van der Waals surface area contributed by atoms with Crippen molar-refractivity contribution in [2.45, 2.75) is 39.3 Å². The Labute approximate surface area is 252 Å². The van der Waals surface area contributed by atoms with Crippen molar-refractivity contribution in [3.63, 3.8) is 0 Å². The second-order valence-electron chi connectivity index (χ2n) is 11.2. The van der Waals surface area contributed by atoms with E-state index < -0.39 is 0 Å². The summed E-state index contributed by atoms with van der Waals surface area (Å²) in [6.07, 6.45) is 0. The minimum absolute atomic E-state index is 0.872. The first-order chi connectivity index (χ1) is 20.3. The van der Waals surface area contributed by atoms with Crippen LogP contribution in [0.15, 0.2) is 91.0 Å². The van der Waals surface area contributed by atoms with E-state index in [2.05, 4.69) is 90.4 Å². The molecule has 0 amide bonds. The number of ether oxygens (including phenoxy) is 3. The first kappa shape index (κ1) is 31.1. The fourth-order valence-corrected chi connectivity index (χ4v) is 5.34. The Balaban J connectivity index is 1.47. The molecule has 4 aromatic carbocycles. The molecule has 6 heteroatoms. The molecule has 0 spiro atoms. The molecule has 4 aromatic rings. The highest BCUT2D eigenvalue weighted by Crippen LogP contribution is 2.20. The summed E-state index contributed by atoms with van der Waals surface area (Å²) in [6.45, 7) is 5.24. The highest BCUT2D eigenvalue weighted by Gasteiger charge is 2.11. The Hall–Kier alpha value is -3.84. The van der Waals surface area contributed by atoms with Crippen LogP contribution >= 0.6 is 0 Å². The molecule has 4 rings (SSSR count). The van der Waals surface area contributed by atoms with Gasteiger partial charge in [0, 0.05) is 39.3 Å². The third-order valence-corrected chi connectivity index (χ3v) is 7.30. The summed E-state index contributed by atoms with van der Waals surface area (Å²) in [7, 11) is 11.7. The van der Waals surface area contributed by atoms with Gasteiger partial charge in [-0.1, -0.05) is 54.6 Å². The Morgan fingerprint density at radius 3 is 0.786 bits per heavy atom. The zero-order valence-electron chi connectivity index (χ0n) is 26.0. The lowest BCUT2D eigenvalue weighted by molar-refractivity contribution is 0.308. The average Bonchev–Trinajstić information content (AvgIpc) is 2.98. The fraction of sp³-hybridized carbons (Fsp3) is 0.333. The number of nitrogens with zero attached hydrogens (tertiary/aromatic N) is 3. The average molecular weight is 568 g/mol. The molecular formula is C36H45N3O3. The lowest BCUT2D eigenvalue weighted by Gasteiger charge is -2.22. The van der Waals surface area contributed by atoms with Crippen LogP contribution in [0.4, 0.5) is 0 Å². The van der Waals surface area contributed by atoms with Gasteiger partial charge in [-0.05, 0) is 90.9 Å². The molecule has 0 atom stereocenters. The molecular weight excluding hydrogens is 522 g/mol. The predicted octanol–water partition coefficient (Wildman–Crippen LogP) is 6.61. The molecule has 0 radical (unpaired) electrons. The van der Waals surface area contributed by atoms with Crippen LogP contribution in [-0.2, 0) is 39.3 Å². The maximum atomic E-state index is 5.32. The first-order valence-corrected chi connectivity index (χ1v) is 14.4. The second-order valence-corrected chi connectivity index (χ2v) is 11.2. The molecule has 0 aromatic heterocycles. The Morgan fingerprint density at radius 2 is 0.571 bits per heavy atom. The molecule has 0 N–H and O–H groups in total. The van der Waals surface area contributed by atoms with Crippen molar-refractivity contribution in [1.29, 1.82) is 0 Å². The largest absolute Gasteiger partial charge is 0.497 e. The van der Waals surface area contributed by atoms with E-state index in [1.807, 2.05) is 36.4 Å². The minimum atomic E-state index is 0.872. The van der Waals surface area contributed by atoms with Crippen molar-refractivity contribution in [2.75, 3.05) is 42.5 Å². The molecule has 42 heavy (non-hydrogen) atoms. The molecule has 0 bridgehead atoms. The van der Waals surface area contributed by atoms with Crippen LogP contribution < -0.4 is 14.2 Å². The van der Waals surface area contributed by atoms with Crippen LogP contribution in [0, 0.1) is 0 Å². The van der Waals surface area contributed by atoms with Gasteiger partial charge in [0.1, 0.15) is 17.2 Å². The van der Waals surface area contributed by atoms with Gasteiger partial charge < -0.3 is 14.2 Å². The van der Waals surface area contributed by atoms with E-state index in [-0.39, 0.29) is 0 Å². The van der Waals surface area contributed by atoms with Gasteiger partial charge in [-0.15, -0.1) is 0 Å². The monoisotopic (exact) mass is 567 g/mol. The summed E-state index contributed by atoms with van der Waals surface area (Å²) < 4.78 is 16.0. The molecule has 0 aliphatic carbocycles. The molecule has 0 saturated heterocycles. The van der Waals surface area contributed by atoms with Gasteiger partial charge in [0.05, 0.1) is 21.3 Å². The number of benzene rings is 4. The van der Waals surface area contributed by atoms with Crippen LogP contribution in [0.3, 0.4) is 0 Å². The van der Waals surface area contributed by atoms with Gasteiger partial charge in [-0.3, -0.25) is 14.7 Å². The zero-order chi connectivity index (χ0) is 29.9. The molecule has 0 saturated carbocycles. The van der Waals surface area contributed by atoms with Crippen LogP contribution in [0.1, 0.15) is 33.4 Å². The maximum absolute atomic E-state index is 5.32. The topological polar surface area (TPSA) is 37.4 Å². The van der Waals surface area contributed by atoms with E-state index in [0.717, 1.165) is 56.5 Å². The highest BCUT2D eigenvalue weighted by atomic mass is 16.5. The van der Waals surface area contributed by atoms with Gasteiger partial charge in [0.15, 0.2) is 0 Å². The summed E-state index contributed by atoms with van der Waals surface area (Å²) in [6, 6.07) is 32.1. The lowest BCUT2D eigenvalue weighted by atomic mass is 10.0. The third-order valence-electron chi connectivity index (χ3n) is 7.30. The van der Waals surface area contributed by atoms with Gasteiger partial charge in [-0.25, -0.2) is 0 Å². The normalized spacial score (nSPS) is 11.4. The molecule has 0 heterocycles. The van der Waals surface area contributed by atoms with Crippen molar-refractivity contribution in [3.8, 4) is 17.2 Å². The summed E-state index contributed by atoms with van der Waals surface area (Å²) in [5.74, 6) is 2.66. The highest BCUT2D eigenvalue weighted by molar-refractivity contribution is 5.32. The number of rotatable bonds is 15. The van der Waals surface area contributed by atoms with E-state index in [9.17, 15) is 0 Å². The van der Waals surface area contributed by atoms with Gasteiger partial charge in [-0.2, -0.15) is 0 Å². The summed E-state index contributed by atoms with van der Waals surface area (Å²) in [5.41, 5.74) is 7.80. The maximum Gasteiger partial charge on any atom is 0.118 e. The number of methoxy groups -OCH3 is 3. The smallest absolute Gasteiger partial charge is 0.118 e. The van der Waals surface area contributed by atoms with Crippen LogP contribution in [0.5, 0.6) is 17.2 Å². The third kappa shape index (κ3) is 9.62. The van der Waals surface area contributed by atoms with Crippen LogP contribution in [0.2, 0.25) is 0 Å². The van der Waals surface area contributed by atoms with Crippen molar-refractivity contribution in [1.82, 2.24) is 14.7 Å². The Kier molecular flexibility index (Phi) is 11.4. The van der Waals surface area contributed by atoms with Crippen molar-refractivity contribution in [2.24, 2.45) is 0 Å². The molecule has 6 nitrogen and oxygen atoms in total. The molecule has 0 fully saturated rings. The van der Waals surface area contributed by atoms with Crippen molar-refractivity contribution >= 4 is 0 Å². The number of hydrogen-bond donors (Lipinski definition) is 0. The van der Waals surface area contributed by atoms with Crippen molar-refractivity contribution in [3.05, 3.63) is 124 Å². The zero-order valence-corrected chi connectivity index (χ0v) is 26.0. The quantitative estimate of drug-likeness (QED) is 0.161. The standard InChI is InChI=1S/C36H45N3O3/c1-37(22-28-7-13-34(40-4)14-8-28)25-31-19-32(26-38(2)23-29-9-15-35(41-5)16-10-29)21-33(20-31)27-39(3)24-30-11-17-36(42-6)18-12-30/h7-21H,22-27H2,1-6H3. The first-order valence-electron chi connectivity index (χ1n) is 14.4. The van der Waals surface area contributed by atoms with Gasteiger partial charge in [0.2, 0.25) is 0 Å². The fourth-order valence-electron chi connectivity index (χ4n) is 5.34. The molecule has 0 aliphatic heterocycles. The molecule has 222 valence electrons. The lowest BCUT2D eigenvalue weighted by Crippen LogP contribution is -2.21. The minimum Gasteiger partial charge on any atom is -0.497 e. The van der Waals surface area contributed by atoms with E-state index >= 15 is 0 Å². The van der Waals surface area contributed by atoms with E-state index in [4.69, 9.17) is 14.2 Å². The van der Waals surface area contributed by atoms with Crippen molar-refractivity contribution < 1.29 is 14.2 Å². The van der Waals surface area contributed by atoms with Gasteiger partial charge in [0.25, 0.3) is 0 Å². The predicted molar refractivity (Wildman–Crippen MR) is 171 cm³/mol.